The number of nitrogens with zero attached hydrogens (tertiary/aromatic N) is 1. The molecule has 4 amide bonds. The van der Waals surface area contributed by atoms with Crippen LogP contribution in [0.3, 0.4) is 0 Å². The molecular formula is C12H17N5O5. The maximum atomic E-state index is 11.7. The first-order valence-corrected chi connectivity index (χ1v) is 6.24. The second kappa shape index (κ2) is 9.76. The lowest BCUT2D eigenvalue weighted by Gasteiger charge is -2.11. The van der Waals surface area contributed by atoms with E-state index in [9.17, 15) is 19.2 Å². The number of imide groups is 1. The fourth-order valence-electron chi connectivity index (χ4n) is 1.30. The molecule has 0 atom stereocenters. The largest absolute Gasteiger partial charge is 0.480 e. The molecule has 22 heavy (non-hydrogen) atoms. The van der Waals surface area contributed by atoms with Crippen molar-refractivity contribution < 1.29 is 24.3 Å². The van der Waals surface area contributed by atoms with Crippen molar-refractivity contribution in [2.75, 3.05) is 20.1 Å². The van der Waals surface area contributed by atoms with Crippen LogP contribution in [0.2, 0.25) is 0 Å². The van der Waals surface area contributed by atoms with Crippen LogP contribution in [0.25, 0.3) is 0 Å². The highest BCUT2D eigenvalue weighted by Gasteiger charge is 2.17. The Hall–Kier alpha value is -3.09. The Morgan fingerprint density at radius 1 is 1.14 bits per heavy atom. The number of allylic oxidation sites excluding steroid dienone is 1. The van der Waals surface area contributed by atoms with Gasteiger partial charge in [0.25, 0.3) is 5.91 Å². The van der Waals surface area contributed by atoms with Crippen molar-refractivity contribution in [3.05, 3.63) is 11.3 Å². The van der Waals surface area contributed by atoms with Crippen LogP contribution in [0, 0.1) is 11.3 Å². The molecule has 0 aromatic heterocycles. The van der Waals surface area contributed by atoms with Gasteiger partial charge >= 0.3 is 12.0 Å². The summed E-state index contributed by atoms with van der Waals surface area (Å²) < 4.78 is 0. The quantitative estimate of drug-likeness (QED) is 0.280. The van der Waals surface area contributed by atoms with Crippen LogP contribution >= 0.6 is 0 Å². The van der Waals surface area contributed by atoms with Gasteiger partial charge in [0, 0.05) is 12.7 Å². The van der Waals surface area contributed by atoms with Gasteiger partial charge in [0.05, 0.1) is 6.54 Å². The Labute approximate surface area is 126 Å². The van der Waals surface area contributed by atoms with Crippen molar-refractivity contribution in [1.82, 2.24) is 21.3 Å². The van der Waals surface area contributed by atoms with Crippen LogP contribution in [-0.2, 0) is 14.4 Å². The van der Waals surface area contributed by atoms with E-state index in [4.69, 9.17) is 10.4 Å². The van der Waals surface area contributed by atoms with E-state index < -0.39 is 30.4 Å². The molecule has 5 N–H and O–H groups in total. The summed E-state index contributed by atoms with van der Waals surface area (Å²) in [5.74, 6) is -2.71. The summed E-state index contributed by atoms with van der Waals surface area (Å²) in [6, 6.07) is 0.885. The van der Waals surface area contributed by atoms with E-state index in [0.29, 0.717) is 0 Å². The minimum absolute atomic E-state index is 0.161. The lowest BCUT2D eigenvalue weighted by atomic mass is 10.1. The van der Waals surface area contributed by atoms with Gasteiger partial charge in [-0.25, -0.2) is 4.79 Å². The summed E-state index contributed by atoms with van der Waals surface area (Å²) in [4.78, 5) is 44.4. The molecule has 0 spiro atoms. The van der Waals surface area contributed by atoms with Crippen molar-refractivity contribution in [2.45, 2.75) is 13.3 Å². The molecule has 0 fully saturated rings. The van der Waals surface area contributed by atoms with E-state index in [0.717, 1.165) is 0 Å². The number of carbonyl (C=O) groups is 4. The van der Waals surface area contributed by atoms with Gasteiger partial charge in [-0.1, -0.05) is 6.92 Å². The lowest BCUT2D eigenvalue weighted by molar-refractivity contribution is -0.137. The van der Waals surface area contributed by atoms with Gasteiger partial charge in [-0.15, -0.1) is 0 Å². The number of carboxylic acid groups (broad SMARTS) is 1. The summed E-state index contributed by atoms with van der Waals surface area (Å²) in [5.41, 5.74) is -0.175. The Bertz CT molecular complexity index is 535. The van der Waals surface area contributed by atoms with Gasteiger partial charge in [-0.05, 0) is 6.42 Å². The molecule has 120 valence electrons. The molecule has 0 saturated carbocycles. The van der Waals surface area contributed by atoms with E-state index in [1.54, 1.807) is 13.0 Å². The van der Waals surface area contributed by atoms with Crippen molar-refractivity contribution in [3.8, 4) is 6.07 Å². The molecule has 10 heteroatoms. The van der Waals surface area contributed by atoms with Crippen molar-refractivity contribution in [1.29, 1.82) is 5.26 Å². The first-order valence-electron chi connectivity index (χ1n) is 6.24. The van der Waals surface area contributed by atoms with Crippen LogP contribution < -0.4 is 21.3 Å². The normalized spacial score (nSPS) is 10.6. The van der Waals surface area contributed by atoms with E-state index in [1.807, 2.05) is 5.32 Å². The minimum atomic E-state index is -1.19. The Balaban J connectivity index is 4.83. The van der Waals surface area contributed by atoms with Gasteiger partial charge in [0.1, 0.15) is 18.2 Å². The standard InChI is InChI=1S/C12H17N5O5/c1-3-8(15-5-9(18)16-6-10(19)20)7(4-13)11(21)17-12(22)14-2/h15H,3,5-6H2,1-2H3,(H,16,18)(H,19,20)(H2,14,17,21,22)/b8-7-. The van der Waals surface area contributed by atoms with Crippen LogP contribution in [0.1, 0.15) is 13.3 Å². The zero-order valence-electron chi connectivity index (χ0n) is 12.1. The summed E-state index contributed by atoms with van der Waals surface area (Å²) in [6.07, 6.45) is 0.232. The maximum Gasteiger partial charge on any atom is 0.322 e. The molecule has 0 heterocycles. The molecule has 0 aliphatic heterocycles. The first-order chi connectivity index (χ1) is 10.3. The predicted octanol–water partition coefficient (Wildman–Crippen LogP) is -1.58. The van der Waals surface area contributed by atoms with Crippen LogP contribution in [-0.4, -0.2) is 49.1 Å². The summed E-state index contributed by atoms with van der Waals surface area (Å²) in [6.45, 7) is 0.796. The third kappa shape index (κ3) is 6.90. The number of carboxylic acids is 1. The number of hydrogen-bond donors (Lipinski definition) is 5. The predicted molar refractivity (Wildman–Crippen MR) is 74.2 cm³/mol. The number of amides is 4. The average Bonchev–Trinajstić information content (AvgIpc) is 2.48. The first kappa shape index (κ1) is 18.9. The molecule has 0 radical (unpaired) electrons. The van der Waals surface area contributed by atoms with Gasteiger partial charge in [0.15, 0.2) is 0 Å². The second-order valence-electron chi connectivity index (χ2n) is 3.88. The number of nitriles is 1. The zero-order valence-corrected chi connectivity index (χ0v) is 12.1. The highest BCUT2D eigenvalue weighted by molar-refractivity contribution is 6.06. The molecule has 0 rings (SSSR count). The fraction of sp³-hybridized carbons (Fsp3) is 0.417. The molecule has 0 unspecified atom stereocenters. The molecule has 0 aliphatic rings. The van der Waals surface area contributed by atoms with Gasteiger partial charge in [0.2, 0.25) is 5.91 Å². The van der Waals surface area contributed by atoms with Crippen molar-refractivity contribution >= 4 is 23.8 Å². The minimum Gasteiger partial charge on any atom is -0.480 e. The summed E-state index contributed by atoms with van der Waals surface area (Å²) in [5, 5.41) is 26.2. The maximum absolute atomic E-state index is 11.7. The number of hydrogen-bond acceptors (Lipinski definition) is 6. The number of urea groups is 1. The van der Waals surface area contributed by atoms with E-state index >= 15 is 0 Å². The summed E-state index contributed by atoms with van der Waals surface area (Å²) in [7, 11) is 1.31. The van der Waals surface area contributed by atoms with E-state index in [-0.39, 0.29) is 24.2 Å². The fourth-order valence-corrected chi connectivity index (χ4v) is 1.30. The number of rotatable bonds is 7. The van der Waals surface area contributed by atoms with Crippen LogP contribution in [0.5, 0.6) is 0 Å². The molecule has 10 nitrogen and oxygen atoms in total. The van der Waals surface area contributed by atoms with Gasteiger partial charge < -0.3 is 21.1 Å². The third-order valence-electron chi connectivity index (χ3n) is 2.35. The second-order valence-corrected chi connectivity index (χ2v) is 3.88. The van der Waals surface area contributed by atoms with E-state index in [1.165, 1.54) is 7.05 Å². The van der Waals surface area contributed by atoms with Crippen LogP contribution in [0.15, 0.2) is 11.3 Å². The van der Waals surface area contributed by atoms with E-state index in [2.05, 4.69) is 16.0 Å². The number of nitrogens with one attached hydrogen (secondary N) is 4. The molecule has 0 bridgehead atoms. The summed E-state index contributed by atoms with van der Waals surface area (Å²) >= 11 is 0. The molecule has 0 aliphatic carbocycles. The highest BCUT2D eigenvalue weighted by atomic mass is 16.4. The molecule has 0 aromatic carbocycles. The topological polar surface area (TPSA) is 160 Å². The SMILES string of the molecule is CC/C(NCC(=O)NCC(=O)O)=C(\C#N)C(=O)NC(=O)NC. The number of aliphatic carboxylic acids is 1. The third-order valence-corrected chi connectivity index (χ3v) is 2.35. The zero-order chi connectivity index (χ0) is 17.1. The smallest absolute Gasteiger partial charge is 0.322 e. The monoisotopic (exact) mass is 311 g/mol. The average molecular weight is 311 g/mol. The molecular weight excluding hydrogens is 294 g/mol. The lowest BCUT2D eigenvalue weighted by Crippen LogP contribution is -2.40. The van der Waals surface area contributed by atoms with Crippen molar-refractivity contribution in [3.63, 3.8) is 0 Å². The molecule has 0 saturated heterocycles. The van der Waals surface area contributed by atoms with Gasteiger partial charge in [-0.3, -0.25) is 19.7 Å². The van der Waals surface area contributed by atoms with Crippen molar-refractivity contribution in [2.24, 2.45) is 0 Å². The number of carbonyl (C=O) groups excluding carboxylic acids is 3. The van der Waals surface area contributed by atoms with Crippen LogP contribution in [0.4, 0.5) is 4.79 Å². The highest BCUT2D eigenvalue weighted by Crippen LogP contribution is 2.05. The Morgan fingerprint density at radius 3 is 2.23 bits per heavy atom. The Morgan fingerprint density at radius 2 is 1.77 bits per heavy atom. The molecule has 0 aromatic rings. The Kier molecular flexibility index (Phi) is 8.39. The van der Waals surface area contributed by atoms with Gasteiger partial charge in [-0.2, -0.15) is 5.26 Å².